The Balaban J connectivity index is 2.05. The predicted molar refractivity (Wildman–Crippen MR) is 120 cm³/mol. The molecule has 30 heavy (non-hydrogen) atoms. The minimum atomic E-state index is -0.684. The van der Waals surface area contributed by atoms with Crippen molar-refractivity contribution in [3.8, 4) is 0 Å². The molecular formula is C28H27OTi. The van der Waals surface area contributed by atoms with Gasteiger partial charge in [-0.25, -0.2) is 0 Å². The summed E-state index contributed by atoms with van der Waals surface area (Å²) in [5.74, 6) is 0.396. The van der Waals surface area contributed by atoms with E-state index in [1.54, 1.807) is 0 Å². The molecule has 0 radical (unpaired) electrons. The van der Waals surface area contributed by atoms with Crippen molar-refractivity contribution < 1.29 is 24.1 Å². The van der Waals surface area contributed by atoms with Crippen LogP contribution < -0.4 is 0 Å². The van der Waals surface area contributed by atoms with Gasteiger partial charge in [-0.1, -0.05) is 0 Å². The monoisotopic (exact) mass is 427 g/mol. The third-order valence-corrected chi connectivity index (χ3v) is 7.23. The predicted octanol–water partition coefficient (Wildman–Crippen LogP) is 7.22. The van der Waals surface area contributed by atoms with Gasteiger partial charge in [0, 0.05) is 0 Å². The second kappa shape index (κ2) is 8.51. The molecule has 0 aromatic heterocycles. The van der Waals surface area contributed by atoms with Crippen LogP contribution in [0.5, 0.6) is 0 Å². The van der Waals surface area contributed by atoms with Crippen LogP contribution in [0.2, 0.25) is 0 Å². The minimum absolute atomic E-state index is 0.396. The van der Waals surface area contributed by atoms with Gasteiger partial charge in [0.25, 0.3) is 0 Å². The van der Waals surface area contributed by atoms with Crippen LogP contribution in [-0.4, -0.2) is 0 Å². The number of allylic oxidation sites excluding steroid dienone is 4. The zero-order valence-electron chi connectivity index (χ0n) is 18.1. The van der Waals surface area contributed by atoms with E-state index in [0.29, 0.717) is 5.92 Å². The van der Waals surface area contributed by atoms with Crippen LogP contribution in [0.25, 0.3) is 5.57 Å². The van der Waals surface area contributed by atoms with E-state index in [9.17, 15) is 0 Å². The average molecular weight is 427 g/mol. The van der Waals surface area contributed by atoms with Crippen molar-refractivity contribution >= 4 is 5.57 Å². The standard InChI is InChI=1S/C28H27O.Ti/c1-19-20(2)22(4)27(21(19)3)25-17-11-12-18-26(25)28(29,23-13-7-5-8-14-23)24-15-9-6-10-16-24;/h5-18,21H,1-4H3;/q-1;+1. The Bertz CT molecular complexity index is 1070. The summed E-state index contributed by atoms with van der Waals surface area (Å²) in [4.78, 5) is 0. The first-order valence-electron chi connectivity index (χ1n) is 10.5. The molecule has 3 aromatic rings. The zero-order chi connectivity index (χ0) is 21.3. The van der Waals surface area contributed by atoms with Gasteiger partial charge >= 0.3 is 193 Å². The van der Waals surface area contributed by atoms with E-state index >= 15 is 0 Å². The van der Waals surface area contributed by atoms with Gasteiger partial charge < -0.3 is 0 Å². The third kappa shape index (κ3) is 3.26. The second-order valence-corrected chi connectivity index (χ2v) is 8.45. The fourth-order valence-corrected chi connectivity index (χ4v) is 5.36. The fourth-order valence-electron chi connectivity index (χ4n) is 4.82. The first kappa shape index (κ1) is 21.1. The summed E-state index contributed by atoms with van der Waals surface area (Å²) in [5.41, 5.74) is 9.72. The molecule has 0 aliphatic heterocycles. The molecule has 1 aliphatic rings. The van der Waals surface area contributed by atoms with Crippen molar-refractivity contribution in [1.82, 2.24) is 0 Å². The van der Waals surface area contributed by atoms with Crippen molar-refractivity contribution in [1.29, 1.82) is 0 Å². The van der Waals surface area contributed by atoms with E-state index in [1.165, 1.54) is 33.4 Å². The number of hydrogen-bond donors (Lipinski definition) is 0. The molecule has 1 atom stereocenters. The summed E-state index contributed by atoms with van der Waals surface area (Å²) in [6, 6.07) is 29.9. The Morgan fingerprint density at radius 2 is 1.20 bits per heavy atom. The Morgan fingerprint density at radius 1 is 0.700 bits per heavy atom. The van der Waals surface area contributed by atoms with Crippen molar-refractivity contribution in [2.45, 2.75) is 33.3 Å². The summed E-state index contributed by atoms with van der Waals surface area (Å²) >= 11 is 1.82. The molecular weight excluding hydrogens is 400 g/mol. The molecule has 149 valence electrons. The topological polar surface area (TPSA) is 9.23 Å². The molecule has 3 aromatic carbocycles. The van der Waals surface area contributed by atoms with E-state index in [4.69, 9.17) is 3.32 Å². The van der Waals surface area contributed by atoms with Gasteiger partial charge in [0.05, 0.1) is 0 Å². The fraction of sp³-hybridized carbons (Fsp3) is 0.214. The van der Waals surface area contributed by atoms with E-state index in [2.05, 4.69) is 113 Å². The molecule has 1 unspecified atom stereocenters. The molecule has 0 spiro atoms. The van der Waals surface area contributed by atoms with Gasteiger partial charge in [0.1, 0.15) is 0 Å². The molecule has 0 heterocycles. The summed E-state index contributed by atoms with van der Waals surface area (Å²) in [7, 11) is 0. The second-order valence-electron chi connectivity index (χ2n) is 8.13. The van der Waals surface area contributed by atoms with Crippen molar-refractivity contribution in [2.24, 2.45) is 5.92 Å². The van der Waals surface area contributed by atoms with Gasteiger partial charge in [-0.15, -0.1) is 0 Å². The quantitative estimate of drug-likeness (QED) is 0.309. The molecule has 0 saturated carbocycles. The Kier molecular flexibility index (Phi) is 5.98. The molecule has 1 nitrogen and oxygen atoms in total. The van der Waals surface area contributed by atoms with Crippen LogP contribution in [0.15, 0.2) is 102 Å². The van der Waals surface area contributed by atoms with E-state index < -0.39 is 5.60 Å². The molecule has 0 amide bonds. The summed E-state index contributed by atoms with van der Waals surface area (Å²) in [6.45, 7) is 9.08. The van der Waals surface area contributed by atoms with Gasteiger partial charge in [-0.3, -0.25) is 0 Å². The van der Waals surface area contributed by atoms with Crippen LogP contribution in [0.1, 0.15) is 49.9 Å². The Hall–Kier alpha value is -2.19. The maximum absolute atomic E-state index is 6.48. The van der Waals surface area contributed by atoms with Crippen LogP contribution >= 0.6 is 0 Å². The first-order valence-corrected chi connectivity index (χ1v) is 11.1. The summed E-state index contributed by atoms with van der Waals surface area (Å²) in [6.07, 6.45) is 0. The normalized spacial score (nSPS) is 17.0. The Morgan fingerprint density at radius 3 is 1.67 bits per heavy atom. The number of benzene rings is 3. The third-order valence-electron chi connectivity index (χ3n) is 6.75. The molecule has 0 N–H and O–H groups in total. The zero-order valence-corrected chi connectivity index (χ0v) is 19.6. The molecule has 2 heteroatoms. The average Bonchev–Trinajstić information content (AvgIpc) is 2.99. The van der Waals surface area contributed by atoms with E-state index in [0.717, 1.165) is 11.1 Å². The summed E-state index contributed by atoms with van der Waals surface area (Å²) in [5, 5.41) is 0. The molecule has 0 saturated heterocycles. The van der Waals surface area contributed by atoms with E-state index in [1.807, 2.05) is 20.8 Å². The molecule has 4 rings (SSSR count). The van der Waals surface area contributed by atoms with Crippen LogP contribution in [0.3, 0.4) is 0 Å². The SMILES string of the molecule is CC1=C(C)C(C)C(c2ccccc2C([O][Ti])(c2ccccc2)c2ccccc2)=C1C. The number of hydrogen-bond acceptors (Lipinski definition) is 1. The first-order chi connectivity index (χ1) is 14.5. The maximum atomic E-state index is 6.48. The number of rotatable bonds is 5. The molecule has 1 aliphatic carbocycles. The molecule has 0 bridgehead atoms. The van der Waals surface area contributed by atoms with Crippen molar-refractivity contribution in [3.63, 3.8) is 0 Å². The van der Waals surface area contributed by atoms with Gasteiger partial charge in [0.15, 0.2) is 0 Å². The molecule has 0 fully saturated rings. The van der Waals surface area contributed by atoms with Gasteiger partial charge in [-0.2, -0.15) is 0 Å². The van der Waals surface area contributed by atoms with E-state index in [-0.39, 0.29) is 0 Å². The van der Waals surface area contributed by atoms with Crippen LogP contribution in [0, 0.1) is 5.92 Å². The summed E-state index contributed by atoms with van der Waals surface area (Å²) < 4.78 is 6.48. The van der Waals surface area contributed by atoms with Gasteiger partial charge in [-0.05, 0) is 0 Å². The van der Waals surface area contributed by atoms with Gasteiger partial charge in [0.2, 0.25) is 0 Å². The van der Waals surface area contributed by atoms with Crippen LogP contribution in [-0.2, 0) is 29.7 Å². The van der Waals surface area contributed by atoms with Crippen LogP contribution in [0.4, 0.5) is 0 Å². The Labute approximate surface area is 192 Å². The van der Waals surface area contributed by atoms with Crippen molar-refractivity contribution in [3.05, 3.63) is 124 Å². The van der Waals surface area contributed by atoms with Crippen molar-refractivity contribution in [2.75, 3.05) is 0 Å².